The number of nitrogens with two attached hydrogens (primary N) is 2. The number of amides is 4. The Balaban J connectivity index is 2.96. The summed E-state index contributed by atoms with van der Waals surface area (Å²) < 4.78 is 0. The van der Waals surface area contributed by atoms with Crippen LogP contribution in [0.3, 0.4) is 0 Å². The largest absolute Gasteiger partial charge is 0.480 e. The molecule has 1 aromatic carbocycles. The number of aliphatic carboxylic acids is 1. The fraction of sp³-hybridized carbons (Fsp3) is 0.476. The van der Waals surface area contributed by atoms with Crippen LogP contribution in [0.5, 0.6) is 0 Å². The Bertz CT molecular complexity index is 847. The molecule has 182 valence electrons. The van der Waals surface area contributed by atoms with Crippen molar-refractivity contribution in [3.63, 3.8) is 0 Å². The zero-order valence-corrected chi connectivity index (χ0v) is 18.5. The number of aliphatic hydroxyl groups excluding tert-OH is 1. The summed E-state index contributed by atoms with van der Waals surface area (Å²) in [6.45, 7) is 2.56. The van der Waals surface area contributed by atoms with Crippen LogP contribution in [0.15, 0.2) is 30.3 Å². The van der Waals surface area contributed by atoms with Crippen LogP contribution in [0.1, 0.15) is 25.8 Å². The van der Waals surface area contributed by atoms with Gasteiger partial charge in [-0.1, -0.05) is 44.2 Å². The molecule has 0 aliphatic carbocycles. The summed E-state index contributed by atoms with van der Waals surface area (Å²) in [5.41, 5.74) is 11.2. The average molecular weight is 466 g/mol. The van der Waals surface area contributed by atoms with Gasteiger partial charge in [0.1, 0.15) is 24.2 Å². The second-order valence-corrected chi connectivity index (χ2v) is 7.84. The Kier molecular flexibility index (Phi) is 11.0. The van der Waals surface area contributed by atoms with Crippen molar-refractivity contribution in [1.29, 1.82) is 0 Å². The maximum atomic E-state index is 12.8. The van der Waals surface area contributed by atoms with E-state index >= 15 is 0 Å². The van der Waals surface area contributed by atoms with Gasteiger partial charge in [0.05, 0.1) is 13.0 Å². The molecule has 33 heavy (non-hydrogen) atoms. The number of primary amides is 1. The number of rotatable bonds is 13. The fourth-order valence-electron chi connectivity index (χ4n) is 2.87. The molecule has 0 saturated heterocycles. The molecule has 9 N–H and O–H groups in total. The van der Waals surface area contributed by atoms with Gasteiger partial charge in [0.15, 0.2) is 0 Å². The van der Waals surface area contributed by atoms with Gasteiger partial charge in [-0.3, -0.25) is 19.2 Å². The van der Waals surface area contributed by atoms with Gasteiger partial charge in [0, 0.05) is 6.42 Å². The minimum atomic E-state index is -1.44. The van der Waals surface area contributed by atoms with E-state index in [1.54, 1.807) is 44.2 Å². The number of carbonyl (C=O) groups is 5. The van der Waals surface area contributed by atoms with Crippen molar-refractivity contribution >= 4 is 29.6 Å². The van der Waals surface area contributed by atoms with Crippen molar-refractivity contribution in [2.45, 2.75) is 50.9 Å². The first kappa shape index (κ1) is 27.5. The van der Waals surface area contributed by atoms with Crippen molar-refractivity contribution in [3.05, 3.63) is 35.9 Å². The predicted molar refractivity (Wildman–Crippen MR) is 117 cm³/mol. The highest BCUT2D eigenvalue weighted by molar-refractivity contribution is 5.96. The van der Waals surface area contributed by atoms with E-state index in [9.17, 15) is 29.1 Å². The van der Waals surface area contributed by atoms with Crippen LogP contribution in [-0.2, 0) is 30.4 Å². The van der Waals surface area contributed by atoms with Crippen LogP contribution < -0.4 is 27.4 Å². The number of hydrogen-bond donors (Lipinski definition) is 7. The van der Waals surface area contributed by atoms with Crippen LogP contribution in [0.4, 0.5) is 0 Å². The Morgan fingerprint density at radius 3 is 1.97 bits per heavy atom. The van der Waals surface area contributed by atoms with Gasteiger partial charge in [0.25, 0.3) is 0 Å². The summed E-state index contributed by atoms with van der Waals surface area (Å²) in [4.78, 5) is 60.5. The molecule has 0 radical (unpaired) electrons. The third-order valence-electron chi connectivity index (χ3n) is 4.72. The summed E-state index contributed by atoms with van der Waals surface area (Å²) in [6.07, 6.45) is -0.548. The first-order valence-corrected chi connectivity index (χ1v) is 10.3. The molecule has 0 heterocycles. The fourth-order valence-corrected chi connectivity index (χ4v) is 2.87. The van der Waals surface area contributed by atoms with E-state index in [2.05, 4.69) is 16.0 Å². The molecule has 0 aliphatic rings. The molecule has 0 aromatic heterocycles. The Morgan fingerprint density at radius 1 is 0.909 bits per heavy atom. The molecule has 0 saturated carbocycles. The second kappa shape index (κ2) is 13.1. The highest BCUT2D eigenvalue weighted by Gasteiger charge is 2.32. The molecule has 0 fully saturated rings. The first-order valence-electron chi connectivity index (χ1n) is 10.3. The average Bonchev–Trinajstić information content (AvgIpc) is 2.75. The van der Waals surface area contributed by atoms with Crippen molar-refractivity contribution in [2.75, 3.05) is 6.61 Å². The third kappa shape index (κ3) is 9.25. The van der Waals surface area contributed by atoms with Gasteiger partial charge in [-0.25, -0.2) is 4.79 Å². The van der Waals surface area contributed by atoms with E-state index in [-0.39, 0.29) is 6.42 Å². The molecule has 1 rings (SSSR count). The van der Waals surface area contributed by atoms with Crippen molar-refractivity contribution in [3.8, 4) is 0 Å². The number of carboxylic acids is 1. The van der Waals surface area contributed by atoms with Gasteiger partial charge in [-0.05, 0) is 11.5 Å². The van der Waals surface area contributed by atoms with E-state index < -0.39 is 72.7 Å². The zero-order valence-electron chi connectivity index (χ0n) is 18.5. The molecule has 0 bridgehead atoms. The quantitative estimate of drug-likeness (QED) is 0.167. The normalized spacial score (nSPS) is 14.5. The Hall–Kier alpha value is -3.51. The maximum absolute atomic E-state index is 12.8. The Morgan fingerprint density at radius 2 is 1.48 bits per heavy atom. The highest BCUT2D eigenvalue weighted by atomic mass is 16.4. The van der Waals surface area contributed by atoms with Crippen molar-refractivity contribution < 1.29 is 34.2 Å². The number of carbonyl (C=O) groups excluding carboxylic acids is 4. The summed E-state index contributed by atoms with van der Waals surface area (Å²) in [6, 6.07) is 3.50. The number of benzene rings is 1. The van der Waals surface area contributed by atoms with Crippen molar-refractivity contribution in [1.82, 2.24) is 16.0 Å². The minimum absolute atomic E-state index is 0.0279. The lowest BCUT2D eigenvalue weighted by atomic mass is 10.0. The number of hydrogen-bond acceptors (Lipinski definition) is 7. The van der Waals surface area contributed by atoms with Gasteiger partial charge in [0.2, 0.25) is 23.6 Å². The smallest absolute Gasteiger partial charge is 0.326 e. The molecule has 0 aliphatic heterocycles. The maximum Gasteiger partial charge on any atom is 0.326 e. The zero-order chi connectivity index (χ0) is 25.1. The van der Waals surface area contributed by atoms with E-state index in [4.69, 9.17) is 16.6 Å². The van der Waals surface area contributed by atoms with Gasteiger partial charge in [-0.2, -0.15) is 0 Å². The number of nitrogens with one attached hydrogen (secondary N) is 3. The topological polar surface area (TPSA) is 214 Å². The standard InChI is InChI=1S/C21H31N5O7/c1-11(2)17(20(31)25-15(21(32)33)8-12-6-4-3-5-7-12)26-19(30)14(9-16(23)28)24-18(29)13(22)10-27/h3-7,11,13-15,17,27H,8-10,22H2,1-2H3,(H2,23,28)(H,24,29)(H,25,31)(H,26,30)(H,32,33). The minimum Gasteiger partial charge on any atom is -0.480 e. The molecule has 1 aromatic rings. The molecule has 0 spiro atoms. The molecule has 4 unspecified atom stereocenters. The summed E-state index contributed by atoms with van der Waals surface area (Å²) in [5.74, 6) is -5.15. The Labute approximate surface area is 191 Å². The molecular formula is C21H31N5O7. The van der Waals surface area contributed by atoms with E-state index in [1.165, 1.54) is 0 Å². The lowest BCUT2D eigenvalue weighted by Crippen LogP contribution is -2.59. The lowest BCUT2D eigenvalue weighted by Gasteiger charge is -2.26. The number of carboxylic acid groups (broad SMARTS) is 1. The van der Waals surface area contributed by atoms with Crippen LogP contribution in [-0.4, -0.2) is 70.6 Å². The van der Waals surface area contributed by atoms with E-state index in [1.807, 2.05) is 0 Å². The van der Waals surface area contributed by atoms with Crippen molar-refractivity contribution in [2.24, 2.45) is 17.4 Å². The molecule has 4 atom stereocenters. The first-order chi connectivity index (χ1) is 15.5. The highest BCUT2D eigenvalue weighted by Crippen LogP contribution is 2.07. The van der Waals surface area contributed by atoms with Crippen LogP contribution in [0.2, 0.25) is 0 Å². The second-order valence-electron chi connectivity index (χ2n) is 7.84. The summed E-state index contributed by atoms with van der Waals surface area (Å²) >= 11 is 0. The van der Waals surface area contributed by atoms with E-state index in [0.29, 0.717) is 5.56 Å². The third-order valence-corrected chi connectivity index (χ3v) is 4.72. The number of aliphatic hydroxyl groups is 1. The molecule has 4 amide bonds. The van der Waals surface area contributed by atoms with Crippen LogP contribution >= 0.6 is 0 Å². The summed E-state index contributed by atoms with van der Waals surface area (Å²) in [5, 5.41) is 25.5. The van der Waals surface area contributed by atoms with Gasteiger partial charge in [-0.15, -0.1) is 0 Å². The van der Waals surface area contributed by atoms with E-state index in [0.717, 1.165) is 0 Å². The monoisotopic (exact) mass is 465 g/mol. The van der Waals surface area contributed by atoms with Crippen LogP contribution in [0, 0.1) is 5.92 Å². The summed E-state index contributed by atoms with van der Waals surface area (Å²) in [7, 11) is 0. The predicted octanol–water partition coefficient (Wildman–Crippen LogP) is -2.38. The molecular weight excluding hydrogens is 434 g/mol. The van der Waals surface area contributed by atoms with Gasteiger partial charge >= 0.3 is 5.97 Å². The van der Waals surface area contributed by atoms with Crippen LogP contribution in [0.25, 0.3) is 0 Å². The molecule has 12 heteroatoms. The lowest BCUT2D eigenvalue weighted by molar-refractivity contribution is -0.142. The van der Waals surface area contributed by atoms with Gasteiger partial charge < -0.3 is 37.6 Å². The molecule has 12 nitrogen and oxygen atoms in total. The SMILES string of the molecule is CC(C)C(NC(=O)C(CC(N)=O)NC(=O)C(N)CO)C(=O)NC(Cc1ccccc1)C(=O)O.